The fraction of sp³-hybridized carbons (Fsp3) is 0.550. The summed E-state index contributed by atoms with van der Waals surface area (Å²) in [5.41, 5.74) is 2.94. The van der Waals surface area contributed by atoms with Crippen LogP contribution in [-0.4, -0.2) is 36.0 Å². The number of nitrogens with one attached hydrogen (secondary N) is 1. The van der Waals surface area contributed by atoms with Gasteiger partial charge < -0.3 is 5.32 Å². The second-order valence-electron chi connectivity index (χ2n) is 7.94. The second-order valence-corrected chi connectivity index (χ2v) is 7.94. The van der Waals surface area contributed by atoms with Gasteiger partial charge in [0, 0.05) is 5.69 Å². The molecule has 1 N–H and O–H groups in total. The van der Waals surface area contributed by atoms with Crippen LogP contribution in [0.15, 0.2) is 23.3 Å². The molecule has 1 aromatic rings. The smallest absolute Gasteiger partial charge is 0.283 e. The molecule has 6 heteroatoms. The van der Waals surface area contributed by atoms with Gasteiger partial charge in [-0.25, -0.2) is 8.78 Å². The molecule has 0 aromatic heterocycles. The third kappa shape index (κ3) is 2.58. The number of hydrogen-bond acceptors (Lipinski definition) is 2. The van der Waals surface area contributed by atoms with Crippen molar-refractivity contribution in [3.63, 3.8) is 0 Å². The molecule has 138 valence electrons. The minimum Gasteiger partial charge on any atom is -0.325 e. The average Bonchev–Trinajstić information content (AvgIpc) is 3.26. The largest absolute Gasteiger partial charge is 0.325 e. The van der Waals surface area contributed by atoms with Crippen LogP contribution in [0.3, 0.4) is 0 Å². The van der Waals surface area contributed by atoms with E-state index in [2.05, 4.69) is 30.3 Å². The molecule has 2 aliphatic carbocycles. The van der Waals surface area contributed by atoms with Crippen LogP contribution < -0.4 is 5.32 Å². The summed E-state index contributed by atoms with van der Waals surface area (Å²) in [7, 11) is 1.56. The van der Waals surface area contributed by atoms with Crippen LogP contribution in [0.5, 0.6) is 0 Å². The molecule has 3 aliphatic rings. The number of hydrogen-bond donors (Lipinski definition) is 1. The normalized spacial score (nSPS) is 29.2. The van der Waals surface area contributed by atoms with Crippen molar-refractivity contribution in [2.75, 3.05) is 12.4 Å². The van der Waals surface area contributed by atoms with Gasteiger partial charge in [-0.1, -0.05) is 30.7 Å². The molecule has 1 heterocycles. The van der Waals surface area contributed by atoms with Gasteiger partial charge in [0.1, 0.15) is 0 Å². The van der Waals surface area contributed by atoms with Gasteiger partial charge in [-0.3, -0.25) is 4.79 Å². The Kier molecular flexibility index (Phi) is 4.16. The Bertz CT molecular complexity index is 815. The van der Waals surface area contributed by atoms with E-state index in [4.69, 9.17) is 0 Å². The quantitative estimate of drug-likeness (QED) is 0.815. The van der Waals surface area contributed by atoms with Crippen LogP contribution in [0.1, 0.15) is 49.7 Å². The van der Waals surface area contributed by atoms with E-state index in [1.807, 2.05) is 12.1 Å². The number of rotatable bonds is 4. The topological polar surface area (TPSA) is 44.5 Å². The Hall–Kier alpha value is -2.11. The molecule has 26 heavy (non-hydrogen) atoms. The Morgan fingerprint density at radius 1 is 1.27 bits per heavy atom. The van der Waals surface area contributed by atoms with E-state index in [0.717, 1.165) is 12.1 Å². The molecule has 1 amide bonds. The summed E-state index contributed by atoms with van der Waals surface area (Å²) < 4.78 is 27.7. The highest BCUT2D eigenvalue weighted by molar-refractivity contribution is 6.20. The summed E-state index contributed by atoms with van der Waals surface area (Å²) in [5, 5.41) is 6.68. The predicted molar refractivity (Wildman–Crippen MR) is 97.3 cm³/mol. The summed E-state index contributed by atoms with van der Waals surface area (Å²) in [6.07, 6.45) is 1.02. The summed E-state index contributed by atoms with van der Waals surface area (Å²) in [6.45, 7) is 4.52. The number of carbonyl (C=O) groups is 1. The number of benzene rings is 1. The number of amides is 1. The summed E-state index contributed by atoms with van der Waals surface area (Å²) in [6, 6.07) is 6.01. The Balaban J connectivity index is 1.62. The minimum absolute atomic E-state index is 0.390. The second kappa shape index (κ2) is 6.25. The molecular weight excluding hydrogens is 336 g/mol. The molecule has 2 bridgehead atoms. The summed E-state index contributed by atoms with van der Waals surface area (Å²) in [5.74, 6) is 0.725. The van der Waals surface area contributed by atoms with Gasteiger partial charge in [0.05, 0.1) is 0 Å². The molecule has 0 spiro atoms. The van der Waals surface area contributed by atoms with Crippen LogP contribution in [-0.2, 0) is 4.79 Å². The number of alkyl halides is 2. The van der Waals surface area contributed by atoms with Gasteiger partial charge >= 0.3 is 0 Å². The van der Waals surface area contributed by atoms with E-state index in [0.29, 0.717) is 23.7 Å². The predicted octanol–water partition coefficient (Wildman–Crippen LogP) is 3.84. The van der Waals surface area contributed by atoms with Gasteiger partial charge in [-0.05, 0) is 58.8 Å². The first-order valence-electron chi connectivity index (χ1n) is 9.26. The molecule has 4 nitrogen and oxygen atoms in total. The first kappa shape index (κ1) is 17.3. The monoisotopic (exact) mass is 360 g/mol. The van der Waals surface area contributed by atoms with Crippen molar-refractivity contribution >= 4 is 23.5 Å². The first-order chi connectivity index (χ1) is 12.4. The van der Waals surface area contributed by atoms with Crippen molar-refractivity contribution in [3.8, 4) is 0 Å². The fourth-order valence-electron chi connectivity index (χ4n) is 5.24. The van der Waals surface area contributed by atoms with E-state index in [9.17, 15) is 13.6 Å². The number of halogens is 2. The molecule has 4 atom stereocenters. The molecule has 0 radical (unpaired) electrons. The maximum atomic E-state index is 13.2. The van der Waals surface area contributed by atoms with Gasteiger partial charge in [-0.2, -0.15) is 0 Å². The molecule has 4 unspecified atom stereocenters. The number of anilines is 1. The van der Waals surface area contributed by atoms with Gasteiger partial charge in [0.25, 0.3) is 6.43 Å². The molecule has 4 rings (SSSR count). The van der Waals surface area contributed by atoms with E-state index in [1.54, 1.807) is 7.05 Å². The standard InChI is InChI=1S/C20H23F2N3O/c1-10(2)16-12-7-8-13(16)17-11(12)5-4-6-15(17)23-20(26)14-9-25(3)24-18(14)19(21)22/h4-6,9-10,12-14,16,19H,7-8H2,1-3H3/p+1. The highest BCUT2D eigenvalue weighted by Crippen LogP contribution is 2.61. The van der Waals surface area contributed by atoms with Gasteiger partial charge in [0.15, 0.2) is 24.9 Å². The zero-order valence-electron chi connectivity index (χ0n) is 15.2. The van der Waals surface area contributed by atoms with Crippen molar-refractivity contribution in [2.45, 2.75) is 45.0 Å². The van der Waals surface area contributed by atoms with Crippen LogP contribution in [0.25, 0.3) is 0 Å². The lowest BCUT2D eigenvalue weighted by atomic mass is 9.84. The lowest BCUT2D eigenvalue weighted by molar-refractivity contribution is -0.495. The molecule has 0 saturated heterocycles. The van der Waals surface area contributed by atoms with Crippen LogP contribution >= 0.6 is 0 Å². The van der Waals surface area contributed by atoms with Gasteiger partial charge in [-0.15, -0.1) is 0 Å². The first-order valence-corrected chi connectivity index (χ1v) is 9.26. The SMILES string of the molecule is CC(C)C1C2CCC1c1c(NC(=O)C3C=[N+](C)N=C3C(F)F)cccc12. The maximum Gasteiger partial charge on any atom is 0.283 e. The Morgan fingerprint density at radius 2 is 2.00 bits per heavy atom. The van der Waals surface area contributed by atoms with Crippen molar-refractivity contribution in [3.05, 3.63) is 29.3 Å². The fourth-order valence-corrected chi connectivity index (χ4v) is 5.24. The van der Waals surface area contributed by atoms with E-state index < -0.39 is 18.3 Å². The lowest BCUT2D eigenvalue weighted by Crippen LogP contribution is -2.33. The highest BCUT2D eigenvalue weighted by Gasteiger charge is 2.48. The van der Waals surface area contributed by atoms with Crippen molar-refractivity contribution < 1.29 is 18.3 Å². The van der Waals surface area contributed by atoms with Crippen molar-refractivity contribution in [1.82, 2.24) is 0 Å². The minimum atomic E-state index is -2.74. The lowest BCUT2D eigenvalue weighted by Gasteiger charge is -2.21. The molecule has 1 aromatic carbocycles. The van der Waals surface area contributed by atoms with E-state index in [1.165, 1.54) is 28.4 Å². The number of nitrogens with zero attached hydrogens (tertiary/aromatic N) is 2. The Morgan fingerprint density at radius 3 is 2.69 bits per heavy atom. The van der Waals surface area contributed by atoms with Crippen LogP contribution in [0.4, 0.5) is 14.5 Å². The van der Waals surface area contributed by atoms with Crippen LogP contribution in [0.2, 0.25) is 0 Å². The maximum absolute atomic E-state index is 13.2. The summed E-state index contributed by atoms with van der Waals surface area (Å²) >= 11 is 0. The van der Waals surface area contributed by atoms with E-state index in [-0.39, 0.29) is 5.71 Å². The molecule has 1 fully saturated rings. The third-order valence-corrected chi connectivity index (χ3v) is 6.12. The molecular formula is C20H24F2N3O+. The van der Waals surface area contributed by atoms with Crippen molar-refractivity contribution in [1.29, 1.82) is 0 Å². The van der Waals surface area contributed by atoms with Crippen LogP contribution in [0, 0.1) is 17.8 Å². The zero-order valence-corrected chi connectivity index (χ0v) is 15.2. The number of hydrazone groups is 1. The summed E-state index contributed by atoms with van der Waals surface area (Å²) in [4.78, 5) is 12.7. The number of fused-ring (bicyclic) bond motifs is 5. The zero-order chi connectivity index (χ0) is 18.6. The van der Waals surface area contributed by atoms with E-state index >= 15 is 0 Å². The third-order valence-electron chi connectivity index (χ3n) is 6.12. The average molecular weight is 360 g/mol. The van der Waals surface area contributed by atoms with Crippen molar-refractivity contribution in [2.24, 2.45) is 22.9 Å². The number of carbonyl (C=O) groups excluding carboxylic acids is 1. The molecule has 1 aliphatic heterocycles. The Labute approximate surface area is 152 Å². The van der Waals surface area contributed by atoms with Gasteiger partial charge in [0.2, 0.25) is 5.91 Å². The molecule has 1 saturated carbocycles. The highest BCUT2D eigenvalue weighted by atomic mass is 19.3.